The Kier molecular flexibility index (Phi) is 5.27. The van der Waals surface area contributed by atoms with Crippen LogP contribution in [0.4, 0.5) is 13.2 Å². The van der Waals surface area contributed by atoms with Gasteiger partial charge in [0, 0.05) is 10.9 Å². The van der Waals surface area contributed by atoms with Crippen LogP contribution in [0.5, 0.6) is 0 Å². The van der Waals surface area contributed by atoms with E-state index in [-0.39, 0.29) is 12.3 Å². The second-order valence-corrected chi connectivity index (χ2v) is 7.31. The highest BCUT2D eigenvalue weighted by atomic mass is 19.4. The van der Waals surface area contributed by atoms with Crippen LogP contribution in [0.15, 0.2) is 53.1 Å². The van der Waals surface area contributed by atoms with Crippen molar-refractivity contribution >= 4 is 16.9 Å². The van der Waals surface area contributed by atoms with Crippen molar-refractivity contribution in [2.75, 3.05) is 26.2 Å². The van der Waals surface area contributed by atoms with Crippen molar-refractivity contribution in [3.63, 3.8) is 0 Å². The van der Waals surface area contributed by atoms with Gasteiger partial charge >= 0.3 is 6.18 Å². The first-order valence-electron chi connectivity index (χ1n) is 9.51. The molecule has 0 radical (unpaired) electrons. The monoisotopic (exact) mass is 404 g/mol. The van der Waals surface area contributed by atoms with Gasteiger partial charge in [-0.15, -0.1) is 0 Å². The van der Waals surface area contributed by atoms with Crippen LogP contribution < -0.4 is 4.90 Å². The van der Waals surface area contributed by atoms with Crippen molar-refractivity contribution < 1.29 is 27.4 Å². The Morgan fingerprint density at radius 3 is 2.62 bits per heavy atom. The van der Waals surface area contributed by atoms with Gasteiger partial charge in [-0.25, -0.2) is 0 Å². The van der Waals surface area contributed by atoms with E-state index in [4.69, 9.17) is 4.52 Å². The summed E-state index contributed by atoms with van der Waals surface area (Å²) >= 11 is 0. The number of piperazine rings is 1. The van der Waals surface area contributed by atoms with Gasteiger partial charge < -0.3 is 14.3 Å². The minimum atomic E-state index is -4.33. The molecule has 1 saturated heterocycles. The van der Waals surface area contributed by atoms with E-state index in [1.165, 1.54) is 17.0 Å². The smallest absolute Gasteiger partial charge is 0.356 e. The van der Waals surface area contributed by atoms with Crippen LogP contribution >= 0.6 is 0 Å². The lowest BCUT2D eigenvalue weighted by molar-refractivity contribution is -0.917. The lowest BCUT2D eigenvalue weighted by Gasteiger charge is -2.32. The zero-order valence-electron chi connectivity index (χ0n) is 15.7. The molecule has 4 rings (SSSR count). The van der Waals surface area contributed by atoms with Crippen molar-refractivity contribution in [2.24, 2.45) is 0 Å². The number of carbonyl (C=O) groups excluding carboxylic acids is 1. The Balaban J connectivity index is 1.33. The van der Waals surface area contributed by atoms with Gasteiger partial charge in [0.15, 0.2) is 5.58 Å². The average molecular weight is 404 g/mol. The number of nitrogens with zero attached hydrogens (tertiary/aromatic N) is 2. The molecule has 0 aliphatic carbocycles. The predicted octanol–water partition coefficient (Wildman–Crippen LogP) is 2.32. The highest BCUT2D eigenvalue weighted by molar-refractivity contribution is 5.86. The molecule has 1 N–H and O–H groups in total. The largest absolute Gasteiger partial charge is 0.416 e. The van der Waals surface area contributed by atoms with E-state index in [0.29, 0.717) is 49.6 Å². The first-order valence-corrected chi connectivity index (χ1v) is 9.51. The van der Waals surface area contributed by atoms with Crippen molar-refractivity contribution in [1.29, 1.82) is 0 Å². The number of aromatic nitrogens is 1. The Morgan fingerprint density at radius 1 is 1.10 bits per heavy atom. The topological polar surface area (TPSA) is 50.8 Å². The number of benzene rings is 2. The highest BCUT2D eigenvalue weighted by Crippen LogP contribution is 2.29. The molecule has 1 fully saturated rings. The quantitative estimate of drug-likeness (QED) is 0.726. The SMILES string of the molecule is O=C(Cc1noc2ccccc12)N1CC[NH+](Cc2cccc(C(F)(F)F)c2)CC1. The van der Waals surface area contributed by atoms with E-state index in [0.717, 1.165) is 11.5 Å². The Morgan fingerprint density at radius 2 is 1.86 bits per heavy atom. The molecule has 0 saturated carbocycles. The molecule has 1 amide bonds. The summed E-state index contributed by atoms with van der Waals surface area (Å²) in [5, 5.41) is 4.85. The van der Waals surface area contributed by atoms with Gasteiger partial charge in [-0.05, 0) is 24.3 Å². The normalized spacial score (nSPS) is 15.8. The number of quaternary nitrogens is 1. The lowest BCUT2D eigenvalue weighted by Crippen LogP contribution is -3.13. The second-order valence-electron chi connectivity index (χ2n) is 7.31. The van der Waals surface area contributed by atoms with Gasteiger partial charge in [-0.2, -0.15) is 13.2 Å². The van der Waals surface area contributed by atoms with Gasteiger partial charge in [0.25, 0.3) is 0 Å². The molecule has 0 spiro atoms. The molecule has 2 aromatic carbocycles. The van der Waals surface area contributed by atoms with Gasteiger partial charge in [0.05, 0.1) is 38.2 Å². The van der Waals surface area contributed by atoms with E-state index >= 15 is 0 Å². The number of fused-ring (bicyclic) bond motifs is 1. The summed E-state index contributed by atoms with van der Waals surface area (Å²) in [4.78, 5) is 15.6. The third kappa shape index (κ3) is 4.42. The third-order valence-electron chi connectivity index (χ3n) is 5.30. The van der Waals surface area contributed by atoms with Crippen molar-refractivity contribution in [2.45, 2.75) is 19.1 Å². The van der Waals surface area contributed by atoms with Crippen LogP contribution in [0.1, 0.15) is 16.8 Å². The number of hydrogen-bond acceptors (Lipinski definition) is 3. The molecule has 0 bridgehead atoms. The van der Waals surface area contributed by atoms with Gasteiger partial charge in [-0.3, -0.25) is 4.79 Å². The van der Waals surface area contributed by atoms with Crippen LogP contribution in [0, 0.1) is 0 Å². The van der Waals surface area contributed by atoms with E-state index in [9.17, 15) is 18.0 Å². The molecule has 1 aromatic heterocycles. The molecule has 0 atom stereocenters. The number of nitrogens with one attached hydrogen (secondary N) is 1. The van der Waals surface area contributed by atoms with Gasteiger partial charge in [0.1, 0.15) is 12.2 Å². The fourth-order valence-electron chi connectivity index (χ4n) is 3.72. The molecule has 3 aromatic rings. The van der Waals surface area contributed by atoms with E-state index < -0.39 is 11.7 Å². The van der Waals surface area contributed by atoms with Crippen LogP contribution in [-0.2, 0) is 23.9 Å². The predicted molar refractivity (Wildman–Crippen MR) is 100 cm³/mol. The second kappa shape index (κ2) is 7.87. The molecule has 1 aliphatic heterocycles. The number of alkyl halides is 3. The first kappa shape index (κ1) is 19.4. The number of carbonyl (C=O) groups is 1. The third-order valence-corrected chi connectivity index (χ3v) is 5.30. The fourth-order valence-corrected chi connectivity index (χ4v) is 3.72. The lowest BCUT2D eigenvalue weighted by atomic mass is 10.1. The first-order chi connectivity index (χ1) is 13.9. The summed E-state index contributed by atoms with van der Waals surface area (Å²) in [7, 11) is 0. The Bertz CT molecular complexity index is 1010. The van der Waals surface area contributed by atoms with Gasteiger partial charge in [-0.1, -0.05) is 29.4 Å². The van der Waals surface area contributed by atoms with Crippen LogP contribution in [0.3, 0.4) is 0 Å². The number of halogens is 3. The average Bonchev–Trinajstić information content (AvgIpc) is 3.11. The van der Waals surface area contributed by atoms with Crippen molar-refractivity contribution in [3.05, 3.63) is 65.4 Å². The zero-order chi connectivity index (χ0) is 20.4. The number of para-hydroxylation sites is 1. The molecule has 1 aliphatic rings. The molecular formula is C21H21F3N3O2+. The maximum Gasteiger partial charge on any atom is 0.416 e. The number of amides is 1. The number of hydrogen-bond donors (Lipinski definition) is 1. The summed E-state index contributed by atoms with van der Waals surface area (Å²) in [6.07, 6.45) is -4.15. The summed E-state index contributed by atoms with van der Waals surface area (Å²) in [6.45, 7) is 3.05. The maximum atomic E-state index is 12.9. The van der Waals surface area contributed by atoms with Crippen molar-refractivity contribution in [1.82, 2.24) is 10.1 Å². The molecule has 2 heterocycles. The molecule has 152 valence electrons. The number of rotatable bonds is 4. The zero-order valence-corrected chi connectivity index (χ0v) is 15.7. The molecule has 29 heavy (non-hydrogen) atoms. The van der Waals surface area contributed by atoms with Crippen LogP contribution in [-0.4, -0.2) is 42.1 Å². The van der Waals surface area contributed by atoms with E-state index in [1.807, 2.05) is 24.3 Å². The summed E-state index contributed by atoms with van der Waals surface area (Å²) < 4.78 is 43.9. The minimum absolute atomic E-state index is 0.0119. The van der Waals surface area contributed by atoms with Gasteiger partial charge in [0.2, 0.25) is 5.91 Å². The fraction of sp³-hybridized carbons (Fsp3) is 0.333. The summed E-state index contributed by atoms with van der Waals surface area (Å²) in [5.41, 5.74) is 1.32. The molecule has 5 nitrogen and oxygen atoms in total. The van der Waals surface area contributed by atoms with E-state index in [1.54, 1.807) is 11.0 Å². The van der Waals surface area contributed by atoms with E-state index in [2.05, 4.69) is 5.16 Å². The Hall–Kier alpha value is -2.87. The minimum Gasteiger partial charge on any atom is -0.356 e. The maximum absolute atomic E-state index is 12.9. The van der Waals surface area contributed by atoms with Crippen LogP contribution in [0.2, 0.25) is 0 Å². The van der Waals surface area contributed by atoms with Crippen molar-refractivity contribution in [3.8, 4) is 0 Å². The highest BCUT2D eigenvalue weighted by Gasteiger charge is 2.31. The molecule has 8 heteroatoms. The standard InChI is InChI=1S/C21H20F3N3O2/c22-21(23,24)16-5-3-4-15(12-16)14-26-8-10-27(11-9-26)20(28)13-18-17-6-1-2-7-19(17)29-25-18/h1-7,12H,8-11,13-14H2/p+1. The Labute approximate surface area is 165 Å². The summed E-state index contributed by atoms with van der Waals surface area (Å²) in [5.74, 6) is -0.0119. The molecule has 0 unspecified atom stereocenters. The molecular weight excluding hydrogens is 383 g/mol. The van der Waals surface area contributed by atoms with Crippen LogP contribution in [0.25, 0.3) is 11.0 Å². The summed E-state index contributed by atoms with van der Waals surface area (Å²) in [6, 6.07) is 12.9.